The van der Waals surface area contributed by atoms with Crippen molar-refractivity contribution in [2.45, 2.75) is 52.1 Å². The van der Waals surface area contributed by atoms with Crippen LogP contribution in [0, 0.1) is 27.7 Å². The lowest BCUT2D eigenvalue weighted by atomic mass is 9.95. The van der Waals surface area contributed by atoms with Gasteiger partial charge in [0.05, 0.1) is 24.1 Å². The molecule has 0 aromatic heterocycles. The topological polar surface area (TPSA) is 129 Å². The van der Waals surface area contributed by atoms with E-state index < -0.39 is 31.0 Å². The third kappa shape index (κ3) is 5.66. The number of likely N-dealkylation sites (N-methyl/N-ethyl adjacent to an activating group) is 1. The first kappa shape index (κ1) is 24.9. The van der Waals surface area contributed by atoms with Crippen molar-refractivity contribution < 1.29 is 25.5 Å². The second-order valence-corrected chi connectivity index (χ2v) is 7.91. The average molecular weight is 432 g/mol. The second-order valence-electron chi connectivity index (χ2n) is 7.91. The van der Waals surface area contributed by atoms with Crippen molar-refractivity contribution in [2.75, 3.05) is 25.1 Å². The van der Waals surface area contributed by atoms with E-state index >= 15 is 0 Å². The number of azo groups is 1. The van der Waals surface area contributed by atoms with E-state index in [0.717, 1.165) is 39.3 Å². The van der Waals surface area contributed by atoms with Crippen molar-refractivity contribution in [2.24, 2.45) is 10.2 Å². The summed E-state index contributed by atoms with van der Waals surface area (Å²) in [5.74, 6) is 0. The molecule has 0 aliphatic heterocycles. The summed E-state index contributed by atoms with van der Waals surface area (Å²) in [4.78, 5) is 1.80. The summed E-state index contributed by atoms with van der Waals surface area (Å²) >= 11 is 0. The third-order valence-corrected chi connectivity index (χ3v) is 5.74. The van der Waals surface area contributed by atoms with Crippen LogP contribution in [0.2, 0.25) is 0 Å². The van der Waals surface area contributed by atoms with Gasteiger partial charge in [0, 0.05) is 19.3 Å². The summed E-state index contributed by atoms with van der Waals surface area (Å²) in [5.41, 5.74) is 6.27. The fourth-order valence-electron chi connectivity index (χ4n) is 3.64. The van der Waals surface area contributed by atoms with E-state index in [1.165, 1.54) is 0 Å². The molecular formula is C23H33N3O5. The highest BCUT2D eigenvalue weighted by molar-refractivity contribution is 5.72. The molecule has 2 rings (SSSR count). The number of aliphatic hydroxyl groups excluding tert-OH is 5. The molecule has 2 aromatic carbocycles. The Balaban J connectivity index is 2.30. The monoisotopic (exact) mass is 431 g/mol. The SMILES string of the molecule is Cc1c(C)c(N(C)CC(O)C(O)C(O)C(O)CO)c(C)c(C)c1N=Nc1ccccc1. The molecule has 0 aliphatic carbocycles. The molecule has 4 atom stereocenters. The smallest absolute Gasteiger partial charge is 0.111 e. The number of nitrogens with zero attached hydrogens (tertiary/aromatic N) is 3. The first-order chi connectivity index (χ1) is 14.6. The molecule has 0 spiro atoms. The van der Waals surface area contributed by atoms with E-state index in [-0.39, 0.29) is 6.54 Å². The van der Waals surface area contributed by atoms with Crippen molar-refractivity contribution in [3.8, 4) is 0 Å². The number of aliphatic hydroxyl groups is 5. The van der Waals surface area contributed by atoms with E-state index in [2.05, 4.69) is 10.2 Å². The molecule has 0 fully saturated rings. The van der Waals surface area contributed by atoms with E-state index in [9.17, 15) is 20.4 Å². The highest BCUT2D eigenvalue weighted by atomic mass is 16.4. The van der Waals surface area contributed by atoms with Crippen LogP contribution in [0.25, 0.3) is 0 Å². The van der Waals surface area contributed by atoms with Crippen molar-refractivity contribution in [3.63, 3.8) is 0 Å². The predicted octanol–water partition coefficient (Wildman–Crippen LogP) is 2.21. The molecule has 31 heavy (non-hydrogen) atoms. The zero-order chi connectivity index (χ0) is 23.3. The predicted molar refractivity (Wildman–Crippen MR) is 120 cm³/mol. The zero-order valence-corrected chi connectivity index (χ0v) is 18.7. The number of anilines is 1. The highest BCUT2D eigenvalue weighted by Gasteiger charge is 2.31. The Hall–Kier alpha value is -2.36. The van der Waals surface area contributed by atoms with Gasteiger partial charge in [0.15, 0.2) is 0 Å². The minimum atomic E-state index is -1.65. The number of benzene rings is 2. The molecule has 0 saturated carbocycles. The summed E-state index contributed by atoms with van der Waals surface area (Å²) in [6.07, 6.45) is -6.12. The maximum Gasteiger partial charge on any atom is 0.111 e. The molecule has 8 nitrogen and oxygen atoms in total. The fraction of sp³-hybridized carbons (Fsp3) is 0.478. The standard InChI is InChI=1S/C23H33N3O5/c1-13-15(3)21(26(5)11-18(28)22(30)23(31)19(29)12-27)16(4)14(2)20(13)25-24-17-9-7-6-8-10-17/h6-10,18-19,22-23,27-31H,11-12H2,1-5H3. The number of hydrogen-bond donors (Lipinski definition) is 5. The normalized spacial score (nSPS) is 15.7. The van der Waals surface area contributed by atoms with Crippen LogP contribution in [-0.2, 0) is 0 Å². The summed E-state index contributed by atoms with van der Waals surface area (Å²) in [5, 5.41) is 57.6. The van der Waals surface area contributed by atoms with Crippen LogP contribution in [0.3, 0.4) is 0 Å². The van der Waals surface area contributed by atoms with Gasteiger partial charge in [0.25, 0.3) is 0 Å². The van der Waals surface area contributed by atoms with Gasteiger partial charge in [-0.25, -0.2) is 0 Å². The summed E-state index contributed by atoms with van der Waals surface area (Å²) in [6, 6.07) is 9.48. The van der Waals surface area contributed by atoms with E-state index in [1.807, 2.05) is 58.0 Å². The summed E-state index contributed by atoms with van der Waals surface area (Å²) in [6.45, 7) is 7.15. The van der Waals surface area contributed by atoms with Crippen molar-refractivity contribution in [1.29, 1.82) is 0 Å². The van der Waals surface area contributed by atoms with Gasteiger partial charge in [0.1, 0.15) is 18.3 Å². The Labute approximate surface area is 183 Å². The molecule has 0 amide bonds. The zero-order valence-electron chi connectivity index (χ0n) is 18.7. The van der Waals surface area contributed by atoms with Crippen LogP contribution in [0.4, 0.5) is 17.1 Å². The van der Waals surface area contributed by atoms with Gasteiger partial charge < -0.3 is 30.4 Å². The Bertz CT molecular complexity index is 875. The first-order valence-electron chi connectivity index (χ1n) is 10.2. The minimum absolute atomic E-state index is 0.0157. The van der Waals surface area contributed by atoms with E-state index in [4.69, 9.17) is 5.11 Å². The van der Waals surface area contributed by atoms with Gasteiger partial charge in [-0.15, -0.1) is 5.11 Å². The van der Waals surface area contributed by atoms with Crippen molar-refractivity contribution >= 4 is 17.1 Å². The molecule has 5 N–H and O–H groups in total. The van der Waals surface area contributed by atoms with Gasteiger partial charge in [-0.2, -0.15) is 5.11 Å². The minimum Gasteiger partial charge on any atom is -0.394 e. The Morgan fingerprint density at radius 3 is 1.81 bits per heavy atom. The van der Waals surface area contributed by atoms with Gasteiger partial charge in [-0.05, 0) is 62.1 Å². The van der Waals surface area contributed by atoms with Crippen LogP contribution >= 0.6 is 0 Å². The van der Waals surface area contributed by atoms with Gasteiger partial charge >= 0.3 is 0 Å². The van der Waals surface area contributed by atoms with Crippen LogP contribution in [0.1, 0.15) is 22.3 Å². The maximum atomic E-state index is 10.4. The van der Waals surface area contributed by atoms with Crippen LogP contribution in [-0.4, -0.2) is 70.1 Å². The quantitative estimate of drug-likeness (QED) is 0.387. The third-order valence-electron chi connectivity index (χ3n) is 5.74. The first-order valence-corrected chi connectivity index (χ1v) is 10.2. The maximum absolute atomic E-state index is 10.4. The van der Waals surface area contributed by atoms with Crippen molar-refractivity contribution in [1.82, 2.24) is 0 Å². The molecule has 0 bridgehead atoms. The van der Waals surface area contributed by atoms with E-state index in [1.54, 1.807) is 11.9 Å². The lowest BCUT2D eigenvalue weighted by Gasteiger charge is -2.32. The Morgan fingerprint density at radius 2 is 1.29 bits per heavy atom. The molecule has 170 valence electrons. The molecule has 0 radical (unpaired) electrons. The number of hydrogen-bond acceptors (Lipinski definition) is 8. The van der Waals surface area contributed by atoms with Crippen LogP contribution in [0.5, 0.6) is 0 Å². The number of rotatable bonds is 9. The molecule has 0 heterocycles. The molecule has 4 unspecified atom stereocenters. The second kappa shape index (κ2) is 10.8. The average Bonchev–Trinajstić information content (AvgIpc) is 2.76. The summed E-state index contributed by atoms with van der Waals surface area (Å²) < 4.78 is 0. The lowest BCUT2D eigenvalue weighted by Crippen LogP contribution is -2.49. The Morgan fingerprint density at radius 1 is 0.774 bits per heavy atom. The molecule has 0 aliphatic rings. The fourth-order valence-corrected chi connectivity index (χ4v) is 3.64. The van der Waals surface area contributed by atoms with Gasteiger partial charge in [-0.3, -0.25) is 0 Å². The van der Waals surface area contributed by atoms with Crippen LogP contribution < -0.4 is 4.90 Å². The highest BCUT2D eigenvalue weighted by Crippen LogP contribution is 2.38. The lowest BCUT2D eigenvalue weighted by molar-refractivity contribution is -0.112. The molecule has 0 saturated heterocycles. The summed E-state index contributed by atoms with van der Waals surface area (Å²) in [7, 11) is 1.78. The molecular weight excluding hydrogens is 398 g/mol. The van der Waals surface area contributed by atoms with Crippen LogP contribution in [0.15, 0.2) is 40.6 Å². The molecule has 8 heteroatoms. The Kier molecular flexibility index (Phi) is 8.67. The van der Waals surface area contributed by atoms with Gasteiger partial charge in [-0.1, -0.05) is 18.2 Å². The largest absolute Gasteiger partial charge is 0.394 e. The van der Waals surface area contributed by atoms with Gasteiger partial charge in [0.2, 0.25) is 0 Å². The van der Waals surface area contributed by atoms with E-state index in [0.29, 0.717) is 0 Å². The van der Waals surface area contributed by atoms with Crippen molar-refractivity contribution in [3.05, 3.63) is 52.6 Å². The molecule has 2 aromatic rings.